The molecule has 2 N–H and O–H groups in total. The molecule has 26 heavy (non-hydrogen) atoms. The van der Waals surface area contributed by atoms with Crippen LogP contribution in [0.1, 0.15) is 30.2 Å². The van der Waals surface area contributed by atoms with Crippen LogP contribution >= 0.6 is 35.3 Å². The zero-order valence-electron chi connectivity index (χ0n) is 15.1. The van der Waals surface area contributed by atoms with Crippen LogP contribution < -0.4 is 10.6 Å². The number of nitrogens with zero attached hydrogens (tertiary/aromatic N) is 2. The van der Waals surface area contributed by atoms with Crippen molar-refractivity contribution in [1.29, 1.82) is 0 Å². The number of nitrogens with one attached hydrogen (secondary N) is 2. The van der Waals surface area contributed by atoms with Crippen LogP contribution in [0.3, 0.4) is 0 Å². The van der Waals surface area contributed by atoms with E-state index in [2.05, 4.69) is 71.2 Å². The van der Waals surface area contributed by atoms with E-state index >= 15 is 0 Å². The Balaban J connectivity index is 0.00000243. The first kappa shape index (κ1) is 20.6. The third-order valence-corrected chi connectivity index (χ3v) is 5.18. The monoisotopic (exact) mass is 480 g/mol. The highest BCUT2D eigenvalue weighted by atomic mass is 127. The number of aromatic nitrogens is 1. The molecular weight excluding hydrogens is 455 g/mol. The molecule has 1 atom stereocenters. The first-order chi connectivity index (χ1) is 12.3. The highest BCUT2D eigenvalue weighted by molar-refractivity contribution is 14.0. The molecule has 4 nitrogen and oxygen atoms in total. The number of aliphatic imine (C=N–C) groups is 1. The molecule has 0 spiro atoms. The van der Waals surface area contributed by atoms with Gasteiger partial charge in [-0.3, -0.25) is 4.98 Å². The van der Waals surface area contributed by atoms with E-state index in [0.717, 1.165) is 35.5 Å². The lowest BCUT2D eigenvalue weighted by Gasteiger charge is -2.15. The number of hydrogen-bond acceptors (Lipinski definition) is 3. The van der Waals surface area contributed by atoms with Gasteiger partial charge in [-0.2, -0.15) is 0 Å². The molecule has 138 valence electrons. The first-order valence-corrected chi connectivity index (χ1v) is 9.54. The Labute approximate surface area is 176 Å². The second kappa shape index (κ2) is 10.5. The quantitative estimate of drug-likeness (QED) is 0.304. The van der Waals surface area contributed by atoms with Gasteiger partial charge in [-0.05, 0) is 30.0 Å². The minimum absolute atomic E-state index is 0. The summed E-state index contributed by atoms with van der Waals surface area (Å²) in [5.41, 5.74) is 2.16. The van der Waals surface area contributed by atoms with Crippen LogP contribution in [0.15, 0.2) is 59.0 Å². The molecule has 2 heterocycles. The molecule has 3 rings (SSSR count). The van der Waals surface area contributed by atoms with Crippen LogP contribution in [-0.4, -0.2) is 24.0 Å². The van der Waals surface area contributed by atoms with E-state index in [1.807, 2.05) is 12.3 Å². The summed E-state index contributed by atoms with van der Waals surface area (Å²) in [4.78, 5) is 10.6. The van der Waals surface area contributed by atoms with Crippen molar-refractivity contribution >= 4 is 52.2 Å². The van der Waals surface area contributed by atoms with Crippen LogP contribution in [0.5, 0.6) is 0 Å². The highest BCUT2D eigenvalue weighted by Crippen LogP contribution is 2.20. The normalized spacial score (nSPS) is 12.5. The fraction of sp³-hybridized carbons (Fsp3) is 0.300. The van der Waals surface area contributed by atoms with Crippen molar-refractivity contribution in [3.8, 4) is 0 Å². The molecule has 0 radical (unpaired) electrons. The first-order valence-electron chi connectivity index (χ1n) is 8.66. The van der Waals surface area contributed by atoms with Crippen molar-refractivity contribution in [3.63, 3.8) is 0 Å². The number of rotatable bonds is 6. The van der Waals surface area contributed by atoms with Crippen molar-refractivity contribution in [2.45, 2.75) is 26.3 Å². The molecular formula is C20H25IN4S. The third-order valence-electron chi connectivity index (χ3n) is 4.07. The minimum Gasteiger partial charge on any atom is -0.357 e. The second-order valence-electron chi connectivity index (χ2n) is 5.98. The lowest BCUT2D eigenvalue weighted by molar-refractivity contribution is 0.709. The zero-order valence-corrected chi connectivity index (χ0v) is 18.3. The average molecular weight is 480 g/mol. The number of fused-ring (bicyclic) bond motifs is 1. The molecule has 0 saturated heterocycles. The summed E-state index contributed by atoms with van der Waals surface area (Å²) >= 11 is 1.80. The number of pyridine rings is 1. The summed E-state index contributed by atoms with van der Waals surface area (Å²) in [5.74, 6) is 1.31. The Bertz CT molecular complexity index is 827. The molecule has 0 aliphatic rings. The van der Waals surface area contributed by atoms with Crippen molar-refractivity contribution in [2.24, 2.45) is 4.99 Å². The average Bonchev–Trinajstić information content (AvgIpc) is 3.18. The van der Waals surface area contributed by atoms with E-state index in [0.29, 0.717) is 12.5 Å². The maximum Gasteiger partial charge on any atom is 0.191 e. The van der Waals surface area contributed by atoms with Gasteiger partial charge in [-0.25, -0.2) is 4.99 Å². The second-order valence-corrected chi connectivity index (χ2v) is 6.96. The molecule has 0 aliphatic carbocycles. The number of benzene rings is 1. The molecule has 0 bridgehead atoms. The van der Waals surface area contributed by atoms with E-state index in [-0.39, 0.29) is 24.0 Å². The third kappa shape index (κ3) is 5.41. The summed E-state index contributed by atoms with van der Waals surface area (Å²) < 4.78 is 0. The minimum atomic E-state index is 0. The van der Waals surface area contributed by atoms with Crippen LogP contribution in [0, 0.1) is 0 Å². The van der Waals surface area contributed by atoms with Gasteiger partial charge in [0.05, 0.1) is 12.1 Å². The SMILES string of the molecule is CCNC(=NCc1cccc2cccnc12)NCC(C)c1cccs1.I. The Kier molecular flexibility index (Phi) is 8.31. The van der Waals surface area contributed by atoms with Gasteiger partial charge in [0.1, 0.15) is 0 Å². The number of hydrogen-bond donors (Lipinski definition) is 2. The van der Waals surface area contributed by atoms with Crippen LogP contribution in [0.2, 0.25) is 0 Å². The largest absolute Gasteiger partial charge is 0.357 e. The Morgan fingerprint density at radius 1 is 1.15 bits per heavy atom. The fourth-order valence-corrected chi connectivity index (χ4v) is 3.51. The molecule has 6 heteroatoms. The number of guanidine groups is 1. The van der Waals surface area contributed by atoms with Crippen LogP contribution in [0.4, 0.5) is 0 Å². The van der Waals surface area contributed by atoms with E-state index in [9.17, 15) is 0 Å². The molecule has 0 amide bonds. The van der Waals surface area contributed by atoms with E-state index in [4.69, 9.17) is 4.99 Å². The Hall–Kier alpha value is -1.67. The summed E-state index contributed by atoms with van der Waals surface area (Å²) in [5, 5.41) is 10.1. The number of para-hydroxylation sites is 1. The van der Waals surface area contributed by atoms with Gasteiger partial charge in [-0.1, -0.05) is 37.3 Å². The lowest BCUT2D eigenvalue weighted by atomic mass is 10.1. The van der Waals surface area contributed by atoms with Gasteiger partial charge in [-0.15, -0.1) is 35.3 Å². The lowest BCUT2D eigenvalue weighted by Crippen LogP contribution is -2.39. The molecule has 0 fully saturated rings. The topological polar surface area (TPSA) is 49.3 Å². The molecule has 3 aromatic rings. The van der Waals surface area contributed by atoms with Crippen LogP contribution in [-0.2, 0) is 6.54 Å². The van der Waals surface area contributed by atoms with Crippen LogP contribution in [0.25, 0.3) is 10.9 Å². The van der Waals surface area contributed by atoms with Crippen molar-refractivity contribution in [2.75, 3.05) is 13.1 Å². The van der Waals surface area contributed by atoms with Gasteiger partial charge in [0.25, 0.3) is 0 Å². The molecule has 2 aromatic heterocycles. The van der Waals surface area contributed by atoms with Gasteiger partial charge in [0.15, 0.2) is 5.96 Å². The molecule has 0 aliphatic heterocycles. The standard InChI is InChI=1S/C20H24N4S.HI/c1-3-21-20(23-13-15(2)18-10-6-12-25-18)24-14-17-8-4-7-16-9-5-11-22-19(16)17;/h4-12,15H,3,13-14H2,1-2H3,(H2,21,23,24);1H. The predicted octanol–water partition coefficient (Wildman–Crippen LogP) is 4.77. The Morgan fingerprint density at radius 2 is 2.00 bits per heavy atom. The number of thiophene rings is 1. The van der Waals surface area contributed by atoms with Gasteiger partial charge in [0.2, 0.25) is 0 Å². The zero-order chi connectivity index (χ0) is 17.5. The summed E-state index contributed by atoms with van der Waals surface area (Å²) in [6, 6.07) is 14.6. The summed E-state index contributed by atoms with van der Waals surface area (Å²) in [6.45, 7) is 6.63. The maximum absolute atomic E-state index is 4.74. The van der Waals surface area contributed by atoms with Crippen molar-refractivity contribution in [1.82, 2.24) is 15.6 Å². The summed E-state index contributed by atoms with van der Waals surface area (Å²) in [7, 11) is 0. The number of halogens is 1. The van der Waals surface area contributed by atoms with Gasteiger partial charge in [0, 0.05) is 35.5 Å². The molecule has 1 aromatic carbocycles. The maximum atomic E-state index is 4.74. The van der Waals surface area contributed by atoms with Crippen molar-refractivity contribution < 1.29 is 0 Å². The van der Waals surface area contributed by atoms with Gasteiger partial charge >= 0.3 is 0 Å². The Morgan fingerprint density at radius 3 is 2.77 bits per heavy atom. The fourth-order valence-electron chi connectivity index (χ4n) is 2.72. The van der Waals surface area contributed by atoms with E-state index in [1.165, 1.54) is 4.88 Å². The van der Waals surface area contributed by atoms with Crippen molar-refractivity contribution in [3.05, 3.63) is 64.5 Å². The summed E-state index contributed by atoms with van der Waals surface area (Å²) in [6.07, 6.45) is 1.84. The molecule has 1 unspecified atom stereocenters. The van der Waals surface area contributed by atoms with E-state index < -0.39 is 0 Å². The van der Waals surface area contributed by atoms with E-state index in [1.54, 1.807) is 11.3 Å². The predicted molar refractivity (Wildman–Crippen MR) is 123 cm³/mol. The highest BCUT2D eigenvalue weighted by Gasteiger charge is 2.08. The molecule has 0 saturated carbocycles. The smallest absolute Gasteiger partial charge is 0.191 e. The van der Waals surface area contributed by atoms with Gasteiger partial charge < -0.3 is 10.6 Å².